The molecule has 1 aliphatic heterocycles. The van der Waals surface area contributed by atoms with E-state index in [1.54, 1.807) is 19.2 Å². The Bertz CT molecular complexity index is 502. The standard InChI is InChI=1S/C15H21ClN2O3/c1-11-9-12(16)10-13(14(11)20-2)15(19)17-3-4-18-5-7-21-8-6-18/h9-10H,3-8H2,1-2H3,(H,17,19). The number of aryl methyl sites for hydroxylation is 1. The van der Waals surface area contributed by atoms with Gasteiger partial charge >= 0.3 is 0 Å². The maximum Gasteiger partial charge on any atom is 0.255 e. The number of methoxy groups -OCH3 is 1. The minimum Gasteiger partial charge on any atom is -0.496 e. The van der Waals surface area contributed by atoms with Crippen molar-refractivity contribution in [2.45, 2.75) is 6.92 Å². The third-order valence-electron chi connectivity index (χ3n) is 3.51. The number of benzene rings is 1. The first-order valence-corrected chi connectivity index (χ1v) is 7.42. The van der Waals surface area contributed by atoms with E-state index in [1.165, 1.54) is 0 Å². The van der Waals surface area contributed by atoms with Crippen molar-refractivity contribution >= 4 is 17.5 Å². The molecule has 6 heteroatoms. The molecular formula is C15H21ClN2O3. The molecule has 21 heavy (non-hydrogen) atoms. The van der Waals surface area contributed by atoms with Crippen LogP contribution in [-0.2, 0) is 4.74 Å². The molecule has 1 aliphatic rings. The number of carbonyl (C=O) groups excluding carboxylic acids is 1. The molecule has 0 atom stereocenters. The second-order valence-corrected chi connectivity index (χ2v) is 5.45. The molecule has 2 rings (SSSR count). The van der Waals surface area contributed by atoms with Crippen molar-refractivity contribution in [3.8, 4) is 5.75 Å². The SMILES string of the molecule is COc1c(C)cc(Cl)cc1C(=O)NCCN1CCOCC1. The van der Waals surface area contributed by atoms with Crippen molar-refractivity contribution in [1.82, 2.24) is 10.2 Å². The van der Waals surface area contributed by atoms with E-state index in [1.807, 2.05) is 6.92 Å². The molecule has 1 aromatic carbocycles. The zero-order valence-electron chi connectivity index (χ0n) is 12.4. The molecule has 1 saturated heterocycles. The summed E-state index contributed by atoms with van der Waals surface area (Å²) >= 11 is 6.02. The van der Waals surface area contributed by atoms with Gasteiger partial charge in [-0.3, -0.25) is 9.69 Å². The molecule has 1 heterocycles. The first-order chi connectivity index (χ1) is 10.1. The van der Waals surface area contributed by atoms with Crippen LogP contribution in [0, 0.1) is 6.92 Å². The lowest BCUT2D eigenvalue weighted by Crippen LogP contribution is -2.41. The van der Waals surface area contributed by atoms with Gasteiger partial charge in [0.15, 0.2) is 0 Å². The number of nitrogens with one attached hydrogen (secondary N) is 1. The Hall–Kier alpha value is -1.30. The third kappa shape index (κ3) is 4.33. The summed E-state index contributed by atoms with van der Waals surface area (Å²) in [5.74, 6) is 0.411. The highest BCUT2D eigenvalue weighted by molar-refractivity contribution is 6.31. The van der Waals surface area contributed by atoms with Crippen LogP contribution < -0.4 is 10.1 Å². The topological polar surface area (TPSA) is 50.8 Å². The summed E-state index contributed by atoms with van der Waals surface area (Å²) in [5, 5.41) is 3.45. The number of rotatable bonds is 5. The predicted octanol–water partition coefficient (Wildman–Crippen LogP) is 1.72. The lowest BCUT2D eigenvalue weighted by molar-refractivity contribution is 0.0383. The van der Waals surface area contributed by atoms with Crippen LogP contribution in [0.25, 0.3) is 0 Å². The van der Waals surface area contributed by atoms with Gasteiger partial charge in [0.1, 0.15) is 5.75 Å². The maximum atomic E-state index is 12.3. The Morgan fingerprint density at radius 3 is 2.81 bits per heavy atom. The fourth-order valence-corrected chi connectivity index (χ4v) is 2.69. The second kappa shape index (κ2) is 7.64. The van der Waals surface area contributed by atoms with Gasteiger partial charge in [0.05, 0.1) is 25.9 Å². The number of morpholine rings is 1. The van der Waals surface area contributed by atoms with Crippen molar-refractivity contribution in [2.24, 2.45) is 0 Å². The number of hydrogen-bond donors (Lipinski definition) is 1. The van der Waals surface area contributed by atoms with Crippen molar-refractivity contribution in [2.75, 3.05) is 46.5 Å². The predicted molar refractivity (Wildman–Crippen MR) is 82.3 cm³/mol. The molecule has 1 fully saturated rings. The van der Waals surface area contributed by atoms with E-state index >= 15 is 0 Å². The van der Waals surface area contributed by atoms with Gasteiger partial charge in [-0.2, -0.15) is 0 Å². The highest BCUT2D eigenvalue weighted by atomic mass is 35.5. The van der Waals surface area contributed by atoms with Crippen molar-refractivity contribution in [3.63, 3.8) is 0 Å². The van der Waals surface area contributed by atoms with Crippen molar-refractivity contribution < 1.29 is 14.3 Å². The Kier molecular flexibility index (Phi) is 5.85. The summed E-state index contributed by atoms with van der Waals surface area (Å²) in [7, 11) is 1.56. The Morgan fingerprint density at radius 2 is 2.14 bits per heavy atom. The fourth-order valence-electron chi connectivity index (χ4n) is 2.42. The molecule has 1 aromatic rings. The highest BCUT2D eigenvalue weighted by Crippen LogP contribution is 2.27. The molecule has 0 radical (unpaired) electrons. The molecule has 0 bridgehead atoms. The van der Waals surface area contributed by atoms with Crippen molar-refractivity contribution in [3.05, 3.63) is 28.3 Å². The number of amides is 1. The molecule has 0 unspecified atom stereocenters. The molecule has 0 spiro atoms. The normalized spacial score (nSPS) is 15.8. The monoisotopic (exact) mass is 312 g/mol. The van der Waals surface area contributed by atoms with Crippen LogP contribution in [0.2, 0.25) is 5.02 Å². The zero-order chi connectivity index (χ0) is 15.2. The Balaban J connectivity index is 1.93. The van der Waals surface area contributed by atoms with Crippen LogP contribution in [0.4, 0.5) is 0 Å². The summed E-state index contributed by atoms with van der Waals surface area (Å²) in [6, 6.07) is 3.42. The number of ether oxygens (including phenoxy) is 2. The molecule has 116 valence electrons. The fraction of sp³-hybridized carbons (Fsp3) is 0.533. The first-order valence-electron chi connectivity index (χ1n) is 7.04. The molecule has 0 aliphatic carbocycles. The Labute approximate surface area is 130 Å². The quantitative estimate of drug-likeness (QED) is 0.899. The van der Waals surface area contributed by atoms with E-state index in [2.05, 4.69) is 10.2 Å². The van der Waals surface area contributed by atoms with Crippen LogP contribution in [0.1, 0.15) is 15.9 Å². The number of nitrogens with zero attached hydrogens (tertiary/aromatic N) is 1. The Morgan fingerprint density at radius 1 is 1.43 bits per heavy atom. The van der Waals surface area contributed by atoms with Gasteiger partial charge in [-0.15, -0.1) is 0 Å². The van der Waals surface area contributed by atoms with E-state index in [-0.39, 0.29) is 5.91 Å². The summed E-state index contributed by atoms with van der Waals surface area (Å²) in [6.45, 7) is 6.62. The molecule has 0 saturated carbocycles. The highest BCUT2D eigenvalue weighted by Gasteiger charge is 2.16. The molecule has 5 nitrogen and oxygen atoms in total. The van der Waals surface area contributed by atoms with E-state index in [0.717, 1.165) is 38.4 Å². The molecule has 0 aromatic heterocycles. The minimum absolute atomic E-state index is 0.161. The van der Waals surface area contributed by atoms with Crippen LogP contribution in [0.15, 0.2) is 12.1 Å². The summed E-state index contributed by atoms with van der Waals surface area (Å²) in [5.41, 5.74) is 1.33. The van der Waals surface area contributed by atoms with Crippen LogP contribution >= 0.6 is 11.6 Å². The molecule has 1 N–H and O–H groups in total. The van der Waals surface area contributed by atoms with E-state index in [9.17, 15) is 4.79 Å². The smallest absolute Gasteiger partial charge is 0.255 e. The van der Waals surface area contributed by atoms with E-state index < -0.39 is 0 Å². The molecule has 1 amide bonds. The van der Waals surface area contributed by atoms with Crippen LogP contribution in [0.5, 0.6) is 5.75 Å². The summed E-state index contributed by atoms with van der Waals surface area (Å²) < 4.78 is 10.6. The van der Waals surface area contributed by atoms with Crippen LogP contribution in [0.3, 0.4) is 0 Å². The third-order valence-corrected chi connectivity index (χ3v) is 3.72. The van der Waals surface area contributed by atoms with Gasteiger partial charge in [-0.25, -0.2) is 0 Å². The van der Waals surface area contributed by atoms with Gasteiger partial charge in [-0.1, -0.05) is 11.6 Å². The maximum absolute atomic E-state index is 12.3. The van der Waals surface area contributed by atoms with E-state index in [4.69, 9.17) is 21.1 Å². The van der Waals surface area contributed by atoms with Gasteiger partial charge in [-0.05, 0) is 24.6 Å². The number of halogens is 1. The first kappa shape index (κ1) is 16.1. The number of carbonyl (C=O) groups is 1. The molecular weight excluding hydrogens is 292 g/mol. The van der Waals surface area contributed by atoms with E-state index in [0.29, 0.717) is 22.9 Å². The van der Waals surface area contributed by atoms with Gasteiger partial charge in [0, 0.05) is 31.2 Å². The summed E-state index contributed by atoms with van der Waals surface area (Å²) in [4.78, 5) is 14.5. The number of hydrogen-bond acceptors (Lipinski definition) is 4. The average molecular weight is 313 g/mol. The minimum atomic E-state index is -0.161. The van der Waals surface area contributed by atoms with Crippen LogP contribution in [-0.4, -0.2) is 57.3 Å². The van der Waals surface area contributed by atoms with Gasteiger partial charge in [0.25, 0.3) is 5.91 Å². The largest absolute Gasteiger partial charge is 0.496 e. The average Bonchev–Trinajstić information content (AvgIpc) is 2.47. The van der Waals surface area contributed by atoms with Crippen molar-refractivity contribution in [1.29, 1.82) is 0 Å². The van der Waals surface area contributed by atoms with Gasteiger partial charge < -0.3 is 14.8 Å². The lowest BCUT2D eigenvalue weighted by Gasteiger charge is -2.26. The van der Waals surface area contributed by atoms with Gasteiger partial charge in [0.2, 0.25) is 0 Å². The zero-order valence-corrected chi connectivity index (χ0v) is 13.2. The summed E-state index contributed by atoms with van der Waals surface area (Å²) in [6.07, 6.45) is 0. The lowest BCUT2D eigenvalue weighted by atomic mass is 10.1. The second-order valence-electron chi connectivity index (χ2n) is 5.01.